The van der Waals surface area contributed by atoms with Crippen LogP contribution in [0.5, 0.6) is 0 Å². The molecule has 0 radical (unpaired) electrons. The molecule has 3 rings (SSSR count). The van der Waals surface area contributed by atoms with Crippen molar-refractivity contribution in [2.75, 3.05) is 13.6 Å². The number of amides is 2. The third kappa shape index (κ3) is 7.17. The second-order valence-electron chi connectivity index (χ2n) is 8.85. The molecule has 0 fully saturated rings. The highest BCUT2D eigenvalue weighted by atomic mass is 19.4. The lowest BCUT2D eigenvalue weighted by Crippen LogP contribution is -2.38. The van der Waals surface area contributed by atoms with Crippen molar-refractivity contribution in [2.24, 2.45) is 0 Å². The van der Waals surface area contributed by atoms with Gasteiger partial charge < -0.3 is 15.2 Å². The number of aromatic nitrogens is 1. The van der Waals surface area contributed by atoms with Gasteiger partial charge in [-0.2, -0.15) is 26.3 Å². The fourth-order valence-corrected chi connectivity index (χ4v) is 3.94. The maximum absolute atomic E-state index is 13.3. The summed E-state index contributed by atoms with van der Waals surface area (Å²) >= 11 is 0. The number of benzene rings is 2. The molecule has 204 valence electrons. The Balaban J connectivity index is 1.97. The summed E-state index contributed by atoms with van der Waals surface area (Å²) in [6.07, 6.45) is -4.07. The van der Waals surface area contributed by atoms with Crippen LogP contribution in [0.1, 0.15) is 46.8 Å². The van der Waals surface area contributed by atoms with E-state index < -0.39 is 46.9 Å². The number of para-hydroxylation sites is 1. The average molecular weight is 540 g/mol. The van der Waals surface area contributed by atoms with Gasteiger partial charge in [0.05, 0.1) is 17.2 Å². The number of fused-ring (bicyclic) bond motifs is 1. The predicted molar refractivity (Wildman–Crippen MR) is 131 cm³/mol. The molecule has 1 atom stereocenters. The summed E-state index contributed by atoms with van der Waals surface area (Å²) in [4.78, 5) is 29.6. The van der Waals surface area contributed by atoms with E-state index in [4.69, 9.17) is 0 Å². The minimum Gasteiger partial charge on any atom is -0.361 e. The van der Waals surface area contributed by atoms with Crippen LogP contribution in [0.3, 0.4) is 0 Å². The molecule has 0 aliphatic carbocycles. The number of carbonyl (C=O) groups excluding carboxylic acids is 2. The highest BCUT2D eigenvalue weighted by Gasteiger charge is 2.38. The van der Waals surface area contributed by atoms with Crippen LogP contribution in [0.2, 0.25) is 0 Å². The summed E-state index contributed by atoms with van der Waals surface area (Å²) in [6.45, 7) is 2.39. The number of aromatic amines is 1. The minimum absolute atomic E-state index is 0.0270. The predicted octanol–water partition coefficient (Wildman–Crippen LogP) is 6.36. The number of likely N-dealkylation sites (N-methyl/N-ethyl adjacent to an activating group) is 1. The van der Waals surface area contributed by atoms with E-state index in [2.05, 4.69) is 10.3 Å². The zero-order chi connectivity index (χ0) is 28.1. The molecule has 2 N–H and O–H groups in total. The lowest BCUT2D eigenvalue weighted by molar-refractivity contribution is -0.143. The average Bonchev–Trinajstić information content (AvgIpc) is 3.27. The highest BCUT2D eigenvalue weighted by molar-refractivity contribution is 5.95. The summed E-state index contributed by atoms with van der Waals surface area (Å²) in [7, 11) is 1.27. The Morgan fingerprint density at radius 2 is 1.66 bits per heavy atom. The number of rotatable bonds is 9. The topological polar surface area (TPSA) is 65.2 Å². The van der Waals surface area contributed by atoms with Crippen molar-refractivity contribution in [3.8, 4) is 0 Å². The fourth-order valence-electron chi connectivity index (χ4n) is 3.94. The standard InChI is InChI=1S/C27H27F6N3O2/c1-3-4-11-34-24(37)10-9-21(14-18-16-35-23-8-6-5-7-22(18)23)36(2)25(38)17-12-19(26(28,29)30)15-20(13-17)27(31,32)33/h5-10,12-13,15-16,21,35H,3-4,11,14H2,1-2H3,(H,34,37). The minimum atomic E-state index is -5.09. The number of hydrogen-bond donors (Lipinski definition) is 2. The Morgan fingerprint density at radius 1 is 1.03 bits per heavy atom. The number of H-pyrrole nitrogens is 1. The van der Waals surface area contributed by atoms with Gasteiger partial charge in [-0.1, -0.05) is 37.6 Å². The summed E-state index contributed by atoms with van der Waals surface area (Å²) in [5, 5.41) is 3.52. The highest BCUT2D eigenvalue weighted by Crippen LogP contribution is 2.36. The van der Waals surface area contributed by atoms with Gasteiger partial charge in [0.2, 0.25) is 5.91 Å². The van der Waals surface area contributed by atoms with Crippen molar-refractivity contribution in [1.29, 1.82) is 0 Å². The van der Waals surface area contributed by atoms with Crippen LogP contribution in [-0.4, -0.2) is 41.3 Å². The molecular weight excluding hydrogens is 512 g/mol. The van der Waals surface area contributed by atoms with Crippen molar-refractivity contribution in [3.63, 3.8) is 0 Å². The normalized spacial score (nSPS) is 13.2. The molecule has 11 heteroatoms. The van der Waals surface area contributed by atoms with Gasteiger partial charge >= 0.3 is 12.4 Å². The zero-order valence-corrected chi connectivity index (χ0v) is 20.7. The Morgan fingerprint density at radius 3 is 2.26 bits per heavy atom. The van der Waals surface area contributed by atoms with Gasteiger partial charge in [0.15, 0.2) is 0 Å². The van der Waals surface area contributed by atoms with Crippen LogP contribution in [0, 0.1) is 0 Å². The second-order valence-corrected chi connectivity index (χ2v) is 8.85. The molecule has 3 aromatic rings. The number of carbonyl (C=O) groups is 2. The zero-order valence-electron chi connectivity index (χ0n) is 20.7. The smallest absolute Gasteiger partial charge is 0.361 e. The maximum Gasteiger partial charge on any atom is 0.416 e. The molecule has 0 bridgehead atoms. The van der Waals surface area contributed by atoms with E-state index >= 15 is 0 Å². The second kappa shape index (κ2) is 11.7. The van der Waals surface area contributed by atoms with Gasteiger partial charge in [-0.15, -0.1) is 0 Å². The van der Waals surface area contributed by atoms with Gasteiger partial charge in [0.1, 0.15) is 0 Å². The van der Waals surface area contributed by atoms with Crippen molar-refractivity contribution in [3.05, 3.63) is 83.1 Å². The molecule has 0 aliphatic heterocycles. The Hall–Kier alpha value is -3.76. The monoisotopic (exact) mass is 539 g/mol. The Kier molecular flexibility index (Phi) is 8.90. The van der Waals surface area contributed by atoms with Crippen molar-refractivity contribution in [2.45, 2.75) is 44.6 Å². The van der Waals surface area contributed by atoms with Crippen molar-refractivity contribution in [1.82, 2.24) is 15.2 Å². The molecule has 1 unspecified atom stereocenters. The first-order chi connectivity index (χ1) is 17.8. The molecule has 38 heavy (non-hydrogen) atoms. The first kappa shape index (κ1) is 28.8. The molecular formula is C27H27F6N3O2. The van der Waals surface area contributed by atoms with Gasteiger partial charge in [-0.05, 0) is 42.7 Å². The van der Waals surface area contributed by atoms with Crippen LogP contribution < -0.4 is 5.32 Å². The van der Waals surface area contributed by atoms with Gasteiger partial charge in [-0.3, -0.25) is 9.59 Å². The first-order valence-corrected chi connectivity index (χ1v) is 11.9. The lowest BCUT2D eigenvalue weighted by Gasteiger charge is -2.27. The maximum atomic E-state index is 13.3. The first-order valence-electron chi connectivity index (χ1n) is 11.9. The van der Waals surface area contributed by atoms with Gasteiger partial charge in [0.25, 0.3) is 5.91 Å². The number of unbranched alkanes of at least 4 members (excludes halogenated alkanes) is 1. The molecule has 0 spiro atoms. The molecule has 0 saturated heterocycles. The molecule has 2 aromatic carbocycles. The number of hydrogen-bond acceptors (Lipinski definition) is 2. The van der Waals surface area contributed by atoms with Crippen LogP contribution >= 0.6 is 0 Å². The third-order valence-corrected chi connectivity index (χ3v) is 6.06. The number of alkyl halides is 6. The number of halogens is 6. The SMILES string of the molecule is CCCCNC(=O)C=CC(Cc1c[nH]c2ccccc12)N(C)C(=O)c1cc(C(F)(F)F)cc(C(F)(F)F)c1. The molecule has 0 aliphatic rings. The third-order valence-electron chi connectivity index (χ3n) is 6.06. The molecule has 2 amide bonds. The van der Waals surface area contributed by atoms with E-state index in [9.17, 15) is 35.9 Å². The largest absolute Gasteiger partial charge is 0.416 e. The van der Waals surface area contributed by atoms with Gasteiger partial charge in [0, 0.05) is 42.3 Å². The number of nitrogens with zero attached hydrogens (tertiary/aromatic N) is 1. The summed E-state index contributed by atoms with van der Waals surface area (Å²) in [5.74, 6) is -1.48. The molecule has 1 heterocycles. The molecule has 5 nitrogen and oxygen atoms in total. The van der Waals surface area contributed by atoms with E-state index in [0.717, 1.165) is 34.2 Å². The van der Waals surface area contributed by atoms with Crippen LogP contribution in [0.25, 0.3) is 10.9 Å². The van der Waals surface area contributed by atoms with Gasteiger partial charge in [-0.25, -0.2) is 0 Å². The molecule has 0 saturated carbocycles. The Labute approximate surface area is 215 Å². The van der Waals surface area contributed by atoms with E-state index in [1.807, 2.05) is 31.2 Å². The molecule has 1 aromatic heterocycles. The van der Waals surface area contributed by atoms with Crippen molar-refractivity contribution >= 4 is 22.7 Å². The quantitative estimate of drug-likeness (QED) is 0.189. The Bertz CT molecular complexity index is 1280. The summed E-state index contributed by atoms with van der Waals surface area (Å²) in [6, 6.07) is 7.22. The number of nitrogens with one attached hydrogen (secondary N) is 2. The summed E-state index contributed by atoms with van der Waals surface area (Å²) in [5.41, 5.74) is -2.36. The van der Waals surface area contributed by atoms with E-state index in [-0.39, 0.29) is 12.5 Å². The summed E-state index contributed by atoms with van der Waals surface area (Å²) < 4.78 is 80.1. The van der Waals surface area contributed by atoms with E-state index in [1.165, 1.54) is 19.2 Å². The lowest BCUT2D eigenvalue weighted by atomic mass is 10.0. The van der Waals surface area contributed by atoms with Crippen LogP contribution in [0.4, 0.5) is 26.3 Å². The van der Waals surface area contributed by atoms with Crippen LogP contribution in [-0.2, 0) is 23.6 Å². The van der Waals surface area contributed by atoms with Crippen LogP contribution in [0.15, 0.2) is 60.8 Å². The van der Waals surface area contributed by atoms with E-state index in [1.54, 1.807) is 6.20 Å². The van der Waals surface area contributed by atoms with Crippen molar-refractivity contribution < 1.29 is 35.9 Å². The fraction of sp³-hybridized carbons (Fsp3) is 0.333. The van der Waals surface area contributed by atoms with E-state index in [0.29, 0.717) is 18.7 Å².